The molecule has 1 aromatic heterocycles. The van der Waals surface area contributed by atoms with E-state index in [-0.39, 0.29) is 6.42 Å². The lowest BCUT2D eigenvalue weighted by molar-refractivity contribution is -0.142. The number of carboxylic acid groups (broad SMARTS) is 1. The number of hydrogen-bond acceptors (Lipinski definition) is 7. The van der Waals surface area contributed by atoms with E-state index in [1.54, 1.807) is 18.0 Å². The molecule has 0 aliphatic rings. The van der Waals surface area contributed by atoms with Gasteiger partial charge < -0.3 is 26.5 Å². The zero-order valence-electron chi connectivity index (χ0n) is 15.4. The normalized spacial score (nSPS) is 14.2. The van der Waals surface area contributed by atoms with E-state index in [0.29, 0.717) is 24.3 Å². The predicted molar refractivity (Wildman–Crippen MR) is 108 cm³/mol. The van der Waals surface area contributed by atoms with Crippen LogP contribution in [0.2, 0.25) is 0 Å². The molecule has 0 aliphatic carbocycles. The van der Waals surface area contributed by atoms with Gasteiger partial charge >= 0.3 is 5.97 Å². The Morgan fingerprint density at radius 1 is 1.15 bits per heavy atom. The summed E-state index contributed by atoms with van der Waals surface area (Å²) in [5.74, 6) is -0.806. The highest BCUT2D eigenvalue weighted by molar-refractivity contribution is 7.98. The van der Waals surface area contributed by atoms with Crippen molar-refractivity contribution in [3.63, 3.8) is 0 Å². The largest absolute Gasteiger partial charge is 0.480 e. The third kappa shape index (κ3) is 8.67. The molecule has 152 valence electrons. The average molecular weight is 418 g/mol. The van der Waals surface area contributed by atoms with Gasteiger partial charge in [-0.2, -0.15) is 23.5 Å². The van der Waals surface area contributed by atoms with Gasteiger partial charge in [0.05, 0.1) is 12.4 Å². The van der Waals surface area contributed by atoms with E-state index in [1.807, 2.05) is 12.5 Å². The number of amides is 2. The minimum atomic E-state index is -1.11. The highest BCUT2D eigenvalue weighted by Crippen LogP contribution is 2.05. The quantitative estimate of drug-likeness (QED) is 0.297. The van der Waals surface area contributed by atoms with Crippen LogP contribution in [0.3, 0.4) is 0 Å². The van der Waals surface area contributed by atoms with E-state index in [2.05, 4.69) is 20.6 Å². The second-order valence-electron chi connectivity index (χ2n) is 5.91. The first kappa shape index (κ1) is 23.3. The van der Waals surface area contributed by atoms with E-state index >= 15 is 0 Å². The first-order chi connectivity index (χ1) is 12.9. The summed E-state index contributed by atoms with van der Waals surface area (Å²) in [5, 5.41) is 14.4. The molecule has 0 aliphatic heterocycles. The summed E-state index contributed by atoms with van der Waals surface area (Å²) in [6.07, 6.45) is 7.72. The van der Waals surface area contributed by atoms with Crippen LogP contribution < -0.4 is 16.4 Å². The van der Waals surface area contributed by atoms with E-state index in [1.165, 1.54) is 18.1 Å². The molecule has 27 heavy (non-hydrogen) atoms. The number of thioether (sulfide) groups is 2. The average Bonchev–Trinajstić information content (AvgIpc) is 3.15. The minimum absolute atomic E-state index is 0.154. The molecule has 0 aromatic carbocycles. The Morgan fingerprint density at radius 2 is 1.78 bits per heavy atom. The van der Waals surface area contributed by atoms with Crippen molar-refractivity contribution < 1.29 is 19.5 Å². The number of nitrogens with two attached hydrogens (primary N) is 1. The number of rotatable bonds is 13. The molecule has 0 saturated heterocycles. The number of aromatic nitrogens is 2. The van der Waals surface area contributed by atoms with E-state index < -0.39 is 35.9 Å². The Hall–Kier alpha value is -1.72. The highest BCUT2D eigenvalue weighted by Gasteiger charge is 2.28. The van der Waals surface area contributed by atoms with Crippen LogP contribution in [0.5, 0.6) is 0 Å². The zero-order valence-corrected chi connectivity index (χ0v) is 17.1. The molecule has 1 aromatic rings. The topological polar surface area (TPSA) is 150 Å². The van der Waals surface area contributed by atoms with Gasteiger partial charge in [-0.25, -0.2) is 9.78 Å². The van der Waals surface area contributed by atoms with Crippen LogP contribution in [0, 0.1) is 0 Å². The van der Waals surface area contributed by atoms with Crippen LogP contribution in [0.1, 0.15) is 18.5 Å². The monoisotopic (exact) mass is 417 g/mol. The second kappa shape index (κ2) is 12.6. The number of carbonyl (C=O) groups excluding carboxylic acids is 2. The van der Waals surface area contributed by atoms with Gasteiger partial charge in [-0.3, -0.25) is 9.59 Å². The van der Waals surface area contributed by atoms with Crippen molar-refractivity contribution in [2.45, 2.75) is 37.4 Å². The number of H-pyrrole nitrogens is 1. The van der Waals surface area contributed by atoms with Crippen LogP contribution in [-0.4, -0.2) is 75.0 Å². The van der Waals surface area contributed by atoms with Crippen molar-refractivity contribution in [3.05, 3.63) is 18.2 Å². The summed E-state index contributed by atoms with van der Waals surface area (Å²) < 4.78 is 0. The number of nitrogens with zero attached hydrogens (tertiary/aromatic N) is 1. The summed E-state index contributed by atoms with van der Waals surface area (Å²) in [5.41, 5.74) is 6.51. The van der Waals surface area contributed by atoms with Crippen LogP contribution in [-0.2, 0) is 20.8 Å². The molecular formula is C16H27N5O4S2. The predicted octanol–water partition coefficient (Wildman–Crippen LogP) is -0.160. The molecule has 0 fully saturated rings. The molecular weight excluding hydrogens is 390 g/mol. The summed E-state index contributed by atoms with van der Waals surface area (Å²) in [6, 6.07) is -2.70. The van der Waals surface area contributed by atoms with Gasteiger partial charge in [0.2, 0.25) is 11.8 Å². The summed E-state index contributed by atoms with van der Waals surface area (Å²) in [7, 11) is 0. The maximum Gasteiger partial charge on any atom is 0.326 e. The number of aromatic amines is 1. The Kier molecular flexibility index (Phi) is 10.9. The number of nitrogens with one attached hydrogen (secondary N) is 3. The lowest BCUT2D eigenvalue weighted by Crippen LogP contribution is -2.55. The molecule has 0 unspecified atom stereocenters. The van der Waals surface area contributed by atoms with Gasteiger partial charge in [0.15, 0.2) is 0 Å². The number of carbonyl (C=O) groups is 3. The molecule has 0 bridgehead atoms. The smallest absolute Gasteiger partial charge is 0.326 e. The lowest BCUT2D eigenvalue weighted by Gasteiger charge is -2.22. The fraction of sp³-hybridized carbons (Fsp3) is 0.625. The van der Waals surface area contributed by atoms with Crippen molar-refractivity contribution in [1.82, 2.24) is 20.6 Å². The third-order valence-electron chi connectivity index (χ3n) is 3.81. The summed E-state index contributed by atoms with van der Waals surface area (Å²) in [6.45, 7) is 0. The summed E-state index contributed by atoms with van der Waals surface area (Å²) in [4.78, 5) is 43.1. The van der Waals surface area contributed by atoms with Crippen molar-refractivity contribution in [3.8, 4) is 0 Å². The lowest BCUT2D eigenvalue weighted by atomic mass is 10.1. The molecule has 9 nitrogen and oxygen atoms in total. The molecule has 0 spiro atoms. The van der Waals surface area contributed by atoms with Crippen molar-refractivity contribution in [2.24, 2.45) is 5.73 Å². The first-order valence-corrected chi connectivity index (χ1v) is 11.2. The maximum absolute atomic E-state index is 12.6. The molecule has 1 heterocycles. The molecule has 0 saturated carbocycles. The van der Waals surface area contributed by atoms with E-state index in [0.717, 1.165) is 5.75 Å². The van der Waals surface area contributed by atoms with Crippen LogP contribution in [0.15, 0.2) is 12.5 Å². The molecule has 0 radical (unpaired) electrons. The fourth-order valence-corrected chi connectivity index (χ4v) is 3.21. The second-order valence-corrected chi connectivity index (χ2v) is 7.88. The van der Waals surface area contributed by atoms with Gasteiger partial charge in [-0.05, 0) is 36.9 Å². The van der Waals surface area contributed by atoms with Crippen LogP contribution >= 0.6 is 23.5 Å². The number of hydrogen-bond donors (Lipinski definition) is 5. The van der Waals surface area contributed by atoms with E-state index in [9.17, 15) is 19.5 Å². The first-order valence-electron chi connectivity index (χ1n) is 8.43. The van der Waals surface area contributed by atoms with Crippen LogP contribution in [0.25, 0.3) is 0 Å². The molecule has 1 rings (SSSR count). The van der Waals surface area contributed by atoms with Crippen molar-refractivity contribution >= 4 is 41.3 Å². The minimum Gasteiger partial charge on any atom is -0.480 e. The van der Waals surface area contributed by atoms with Gasteiger partial charge in [0.1, 0.15) is 12.1 Å². The van der Waals surface area contributed by atoms with Gasteiger partial charge in [0, 0.05) is 18.3 Å². The number of carboxylic acids is 1. The number of aliphatic carboxylic acids is 1. The van der Waals surface area contributed by atoms with Crippen LogP contribution in [0.4, 0.5) is 0 Å². The third-order valence-corrected chi connectivity index (χ3v) is 5.09. The van der Waals surface area contributed by atoms with Gasteiger partial charge in [-0.1, -0.05) is 0 Å². The molecule has 6 N–H and O–H groups in total. The Morgan fingerprint density at radius 3 is 2.33 bits per heavy atom. The molecule has 3 atom stereocenters. The Balaban J connectivity index is 2.81. The Bertz CT molecular complexity index is 600. The fourth-order valence-electron chi connectivity index (χ4n) is 2.25. The number of imidazole rings is 1. The van der Waals surface area contributed by atoms with Crippen molar-refractivity contribution in [2.75, 3.05) is 24.0 Å². The Labute approximate surface area is 167 Å². The zero-order chi connectivity index (χ0) is 20.2. The van der Waals surface area contributed by atoms with E-state index in [4.69, 9.17) is 5.73 Å². The molecule has 2 amide bonds. The standard InChI is InChI=1S/C16H27N5O4S2/c1-26-5-3-11(17)14(22)21-13(7-10-8-18-9-19-10)15(23)20-12(16(24)25)4-6-27-2/h8-9,11-13H,3-7,17H2,1-2H3,(H,18,19)(H,20,23)(H,21,22)(H,24,25)/t11-,12-,13-/m0/s1. The van der Waals surface area contributed by atoms with Gasteiger partial charge in [-0.15, -0.1) is 0 Å². The highest BCUT2D eigenvalue weighted by atomic mass is 32.2. The van der Waals surface area contributed by atoms with Gasteiger partial charge in [0.25, 0.3) is 0 Å². The van der Waals surface area contributed by atoms with Crippen molar-refractivity contribution in [1.29, 1.82) is 0 Å². The molecule has 11 heteroatoms. The maximum atomic E-state index is 12.6. The SMILES string of the molecule is CSCC[C@H](NC(=O)[C@H](Cc1cnc[nH]1)NC(=O)[C@@H](N)CCSC)C(=O)O. The summed E-state index contributed by atoms with van der Waals surface area (Å²) >= 11 is 3.07.